The van der Waals surface area contributed by atoms with Crippen molar-refractivity contribution in [3.63, 3.8) is 0 Å². The first-order valence-electron chi connectivity index (χ1n) is 6.52. The van der Waals surface area contributed by atoms with Crippen molar-refractivity contribution < 1.29 is 14.3 Å². The molecule has 9 nitrogen and oxygen atoms in total. The number of carbonyl (C=O) groups is 1. The lowest BCUT2D eigenvalue weighted by atomic mass is 10.1. The second kappa shape index (κ2) is 5.17. The molecular weight excluding hydrogens is 276 g/mol. The highest BCUT2D eigenvalue weighted by atomic mass is 16.5. The molecule has 0 spiro atoms. The van der Waals surface area contributed by atoms with Crippen LogP contribution in [0.3, 0.4) is 0 Å². The number of aromatic nitrogens is 4. The molecule has 2 N–H and O–H groups in total. The molecule has 2 aromatic heterocycles. The van der Waals surface area contributed by atoms with Gasteiger partial charge in [-0.1, -0.05) is 0 Å². The Morgan fingerprint density at radius 1 is 1.43 bits per heavy atom. The zero-order valence-electron chi connectivity index (χ0n) is 11.8. The molecule has 1 aliphatic rings. The third kappa shape index (κ3) is 2.15. The minimum Gasteiger partial charge on any atom is -0.491 e. The number of hydrogen-bond donors (Lipinski definition) is 1. The van der Waals surface area contributed by atoms with E-state index in [4.69, 9.17) is 15.2 Å². The van der Waals surface area contributed by atoms with Gasteiger partial charge in [-0.05, 0) is 12.5 Å². The SMILES string of the molecule is COc1cnc(OC)n2nc(N3CC(CN)CC3=O)nc12. The van der Waals surface area contributed by atoms with E-state index in [9.17, 15) is 4.79 Å². The maximum atomic E-state index is 12.0. The van der Waals surface area contributed by atoms with Crippen molar-refractivity contribution in [3.05, 3.63) is 6.20 Å². The van der Waals surface area contributed by atoms with Crippen molar-refractivity contribution in [2.24, 2.45) is 11.7 Å². The first-order chi connectivity index (χ1) is 10.2. The van der Waals surface area contributed by atoms with Crippen LogP contribution in [0.25, 0.3) is 5.65 Å². The van der Waals surface area contributed by atoms with E-state index in [0.717, 1.165) is 0 Å². The van der Waals surface area contributed by atoms with Gasteiger partial charge in [0.25, 0.3) is 5.95 Å². The van der Waals surface area contributed by atoms with Crippen LogP contribution >= 0.6 is 0 Å². The fourth-order valence-corrected chi connectivity index (χ4v) is 2.35. The smallest absolute Gasteiger partial charge is 0.319 e. The van der Waals surface area contributed by atoms with Crippen LogP contribution in [0.5, 0.6) is 11.8 Å². The highest BCUT2D eigenvalue weighted by Crippen LogP contribution is 2.26. The van der Waals surface area contributed by atoms with Gasteiger partial charge in [0.1, 0.15) is 0 Å². The first-order valence-corrected chi connectivity index (χ1v) is 6.52. The molecule has 3 heterocycles. The Morgan fingerprint density at radius 2 is 2.24 bits per heavy atom. The predicted octanol–water partition coefficient (Wildman–Crippen LogP) is -0.547. The molecule has 1 aliphatic heterocycles. The molecule has 1 unspecified atom stereocenters. The summed E-state index contributed by atoms with van der Waals surface area (Å²) in [5.74, 6) is 0.857. The van der Waals surface area contributed by atoms with E-state index in [0.29, 0.717) is 36.9 Å². The van der Waals surface area contributed by atoms with Crippen LogP contribution in [-0.4, -0.2) is 52.8 Å². The number of nitrogens with zero attached hydrogens (tertiary/aromatic N) is 5. The molecule has 0 bridgehead atoms. The summed E-state index contributed by atoms with van der Waals surface area (Å²) in [6, 6.07) is 0.270. The molecular formula is C12H16N6O3. The molecule has 112 valence electrons. The van der Waals surface area contributed by atoms with E-state index in [1.54, 1.807) is 0 Å². The second-order valence-electron chi connectivity index (χ2n) is 4.77. The maximum Gasteiger partial charge on any atom is 0.319 e. The predicted molar refractivity (Wildman–Crippen MR) is 73.4 cm³/mol. The normalized spacial score (nSPS) is 18.5. The van der Waals surface area contributed by atoms with Crippen LogP contribution in [0, 0.1) is 5.92 Å². The number of hydrogen-bond acceptors (Lipinski definition) is 7. The van der Waals surface area contributed by atoms with Gasteiger partial charge in [-0.15, -0.1) is 5.10 Å². The molecule has 21 heavy (non-hydrogen) atoms. The topological polar surface area (TPSA) is 108 Å². The third-order valence-electron chi connectivity index (χ3n) is 3.47. The number of fused-ring (bicyclic) bond motifs is 1. The molecule has 0 radical (unpaired) electrons. The van der Waals surface area contributed by atoms with Crippen LogP contribution in [0.15, 0.2) is 6.20 Å². The standard InChI is InChI=1S/C12H16N6O3/c1-20-8-5-14-12(21-2)18-10(8)15-11(16-18)17-6-7(4-13)3-9(17)19/h5,7H,3-4,6,13H2,1-2H3. The summed E-state index contributed by atoms with van der Waals surface area (Å²) >= 11 is 0. The Balaban J connectivity index is 2.06. The largest absolute Gasteiger partial charge is 0.491 e. The van der Waals surface area contributed by atoms with E-state index in [2.05, 4.69) is 15.1 Å². The average Bonchev–Trinajstić information content (AvgIpc) is 3.09. The van der Waals surface area contributed by atoms with Gasteiger partial charge in [0.15, 0.2) is 5.75 Å². The Morgan fingerprint density at radius 3 is 2.86 bits per heavy atom. The summed E-state index contributed by atoms with van der Waals surface area (Å²) in [5.41, 5.74) is 6.08. The molecule has 2 aromatic rings. The number of anilines is 1. The van der Waals surface area contributed by atoms with Crippen molar-refractivity contribution in [2.75, 3.05) is 32.2 Å². The van der Waals surface area contributed by atoms with E-state index in [1.165, 1.54) is 29.8 Å². The minimum atomic E-state index is -0.0350. The Labute approximate surface area is 120 Å². The van der Waals surface area contributed by atoms with E-state index in [1.807, 2.05) is 0 Å². The number of carbonyl (C=O) groups excluding carboxylic acids is 1. The van der Waals surface area contributed by atoms with Crippen LogP contribution in [-0.2, 0) is 4.79 Å². The molecule has 9 heteroatoms. The van der Waals surface area contributed by atoms with Crippen molar-refractivity contribution in [1.82, 2.24) is 19.6 Å². The fraction of sp³-hybridized carbons (Fsp3) is 0.500. The molecule has 0 aliphatic carbocycles. The van der Waals surface area contributed by atoms with Gasteiger partial charge in [0, 0.05) is 13.0 Å². The van der Waals surface area contributed by atoms with Crippen LogP contribution in [0.2, 0.25) is 0 Å². The third-order valence-corrected chi connectivity index (χ3v) is 3.47. The molecule has 3 rings (SSSR count). The van der Waals surface area contributed by atoms with Crippen LogP contribution < -0.4 is 20.1 Å². The van der Waals surface area contributed by atoms with Gasteiger partial charge in [0.05, 0.1) is 20.4 Å². The van der Waals surface area contributed by atoms with Crippen molar-refractivity contribution in [2.45, 2.75) is 6.42 Å². The lowest BCUT2D eigenvalue weighted by Crippen LogP contribution is -2.26. The number of ether oxygens (including phenoxy) is 2. The summed E-state index contributed by atoms with van der Waals surface area (Å²) in [5, 5.41) is 4.30. The number of methoxy groups -OCH3 is 2. The van der Waals surface area contributed by atoms with E-state index < -0.39 is 0 Å². The molecule has 0 saturated carbocycles. The highest BCUT2D eigenvalue weighted by molar-refractivity contribution is 5.94. The van der Waals surface area contributed by atoms with Gasteiger partial charge < -0.3 is 15.2 Å². The minimum absolute atomic E-state index is 0.0350. The van der Waals surface area contributed by atoms with Crippen LogP contribution in [0.1, 0.15) is 6.42 Å². The number of rotatable bonds is 4. The lowest BCUT2D eigenvalue weighted by molar-refractivity contribution is -0.117. The molecule has 1 saturated heterocycles. The average molecular weight is 292 g/mol. The summed E-state index contributed by atoms with van der Waals surface area (Å²) in [7, 11) is 3.00. The lowest BCUT2D eigenvalue weighted by Gasteiger charge is -2.10. The van der Waals surface area contributed by atoms with Crippen molar-refractivity contribution in [3.8, 4) is 11.8 Å². The zero-order chi connectivity index (χ0) is 15.0. The van der Waals surface area contributed by atoms with Gasteiger partial charge >= 0.3 is 6.01 Å². The number of amides is 1. The van der Waals surface area contributed by atoms with Crippen molar-refractivity contribution >= 4 is 17.5 Å². The summed E-state index contributed by atoms with van der Waals surface area (Å²) in [6.07, 6.45) is 1.92. The van der Waals surface area contributed by atoms with Gasteiger partial charge in [0.2, 0.25) is 11.6 Å². The number of nitrogens with two attached hydrogens (primary N) is 1. The van der Waals surface area contributed by atoms with Gasteiger partial charge in [-0.25, -0.2) is 0 Å². The second-order valence-corrected chi connectivity index (χ2v) is 4.77. The summed E-state index contributed by atoms with van der Waals surface area (Å²) < 4.78 is 11.8. The molecule has 1 fully saturated rings. The molecule has 1 atom stereocenters. The summed E-state index contributed by atoms with van der Waals surface area (Å²) in [6.45, 7) is 0.980. The molecule has 1 amide bonds. The Hall–Kier alpha value is -2.42. The first kappa shape index (κ1) is 13.6. The Bertz CT molecular complexity index is 644. The van der Waals surface area contributed by atoms with Crippen LogP contribution in [0.4, 0.5) is 5.95 Å². The summed E-state index contributed by atoms with van der Waals surface area (Å²) in [4.78, 5) is 22.0. The zero-order valence-corrected chi connectivity index (χ0v) is 11.8. The molecule has 0 aromatic carbocycles. The van der Waals surface area contributed by atoms with Crippen molar-refractivity contribution in [1.29, 1.82) is 0 Å². The monoisotopic (exact) mass is 292 g/mol. The quantitative estimate of drug-likeness (QED) is 0.805. The fourth-order valence-electron chi connectivity index (χ4n) is 2.35. The maximum absolute atomic E-state index is 12.0. The van der Waals surface area contributed by atoms with E-state index in [-0.39, 0.29) is 17.8 Å². The van der Waals surface area contributed by atoms with E-state index >= 15 is 0 Å². The highest BCUT2D eigenvalue weighted by Gasteiger charge is 2.32. The Kier molecular flexibility index (Phi) is 3.34. The van der Waals surface area contributed by atoms with Gasteiger partial charge in [-0.2, -0.15) is 14.5 Å². The van der Waals surface area contributed by atoms with Gasteiger partial charge in [-0.3, -0.25) is 9.69 Å².